The monoisotopic (exact) mass is 700 g/mol. The average molecular weight is 701 g/mol. The molecule has 0 aromatic heterocycles. The lowest BCUT2D eigenvalue weighted by Gasteiger charge is -2.32. The van der Waals surface area contributed by atoms with Gasteiger partial charge in [-0.15, -0.1) is 0 Å². The van der Waals surface area contributed by atoms with Crippen molar-refractivity contribution < 1.29 is 0 Å². The fourth-order valence-electron chi connectivity index (χ4n) is 10.9. The highest BCUT2D eigenvalue weighted by molar-refractivity contribution is 6.22. The second-order valence-electron chi connectivity index (χ2n) is 16.2. The van der Waals surface area contributed by atoms with E-state index in [-0.39, 0.29) is 5.41 Å². The molecule has 10 aromatic carbocycles. The van der Waals surface area contributed by atoms with Crippen molar-refractivity contribution >= 4 is 64.6 Å². The van der Waals surface area contributed by atoms with Crippen LogP contribution in [0.4, 0.5) is 0 Å². The van der Waals surface area contributed by atoms with Gasteiger partial charge in [0, 0.05) is 5.41 Å². The second kappa shape index (κ2) is 11.9. The lowest BCUT2D eigenvalue weighted by Crippen LogP contribution is -2.24. The maximum atomic E-state index is 2.61. The molecule has 1 spiro atoms. The number of benzene rings is 10. The molecule has 0 bridgehead atoms. The van der Waals surface area contributed by atoms with Crippen molar-refractivity contribution in [3.05, 3.63) is 181 Å². The van der Waals surface area contributed by atoms with Gasteiger partial charge in [-0.3, -0.25) is 0 Å². The highest BCUT2D eigenvalue weighted by atomic mass is 14.5. The van der Waals surface area contributed by atoms with E-state index in [0.29, 0.717) is 0 Å². The van der Waals surface area contributed by atoms with Crippen LogP contribution < -0.4 is 0 Å². The molecule has 2 aliphatic rings. The molecular weight excluding hydrogens is 661 g/mol. The van der Waals surface area contributed by atoms with Crippen molar-refractivity contribution in [3.8, 4) is 33.4 Å². The van der Waals surface area contributed by atoms with Gasteiger partial charge in [0.1, 0.15) is 0 Å². The first-order valence-corrected chi connectivity index (χ1v) is 20.2. The van der Waals surface area contributed by atoms with Crippen LogP contribution in [0.3, 0.4) is 0 Å². The van der Waals surface area contributed by atoms with Gasteiger partial charge >= 0.3 is 0 Å². The third-order valence-electron chi connectivity index (χ3n) is 13.5. The molecule has 0 amide bonds. The van der Waals surface area contributed by atoms with Crippen molar-refractivity contribution in [1.29, 1.82) is 0 Å². The molecular formula is C55H40. The molecule has 0 saturated heterocycles. The zero-order chi connectivity index (χ0) is 36.1. The van der Waals surface area contributed by atoms with Crippen LogP contribution in [-0.2, 0) is 5.41 Å². The van der Waals surface area contributed by atoms with Gasteiger partial charge in [0.25, 0.3) is 0 Å². The summed E-state index contributed by atoms with van der Waals surface area (Å²) in [5, 5.41) is 15.9. The molecule has 1 fully saturated rings. The molecule has 0 atom stereocenters. The lowest BCUT2D eigenvalue weighted by atomic mass is 9.71. The molecule has 0 radical (unpaired) electrons. The Balaban J connectivity index is 1.08. The SMILES string of the molecule is c1ccc2c(c1)ccc1c3ccccc3c(-c3ccc4c(c3)C3(CCCCCC3)c3cc(-c5cc6c7ccccc7ccc6c6ccccc56)ccc3-4)cc21. The molecule has 0 heteroatoms. The van der Waals surface area contributed by atoms with Crippen LogP contribution in [0.1, 0.15) is 49.7 Å². The first kappa shape index (κ1) is 31.1. The van der Waals surface area contributed by atoms with Crippen LogP contribution in [0.5, 0.6) is 0 Å². The van der Waals surface area contributed by atoms with E-state index in [1.54, 1.807) is 0 Å². The summed E-state index contributed by atoms with van der Waals surface area (Å²) in [5.41, 5.74) is 11.3. The largest absolute Gasteiger partial charge is 0.0616 e. The van der Waals surface area contributed by atoms with Gasteiger partial charge in [-0.05, 0) is 146 Å². The molecule has 260 valence electrons. The summed E-state index contributed by atoms with van der Waals surface area (Å²) in [5.74, 6) is 0. The number of rotatable bonds is 2. The molecule has 0 aliphatic heterocycles. The molecule has 0 N–H and O–H groups in total. The summed E-state index contributed by atoms with van der Waals surface area (Å²) in [6, 6.07) is 64.9. The summed E-state index contributed by atoms with van der Waals surface area (Å²) in [6.45, 7) is 0. The van der Waals surface area contributed by atoms with E-state index in [0.717, 1.165) is 0 Å². The van der Waals surface area contributed by atoms with Gasteiger partial charge in [0.15, 0.2) is 0 Å². The van der Waals surface area contributed by atoms with Crippen LogP contribution in [0.25, 0.3) is 98.0 Å². The van der Waals surface area contributed by atoms with Crippen molar-refractivity contribution in [1.82, 2.24) is 0 Å². The van der Waals surface area contributed by atoms with Gasteiger partial charge in [-0.25, -0.2) is 0 Å². The van der Waals surface area contributed by atoms with Crippen molar-refractivity contribution in [2.75, 3.05) is 0 Å². The van der Waals surface area contributed by atoms with Crippen LogP contribution in [-0.4, -0.2) is 0 Å². The van der Waals surface area contributed by atoms with E-state index in [1.165, 1.54) is 148 Å². The minimum Gasteiger partial charge on any atom is -0.0616 e. The predicted octanol–water partition coefficient (Wildman–Crippen LogP) is 15.6. The Labute approximate surface area is 321 Å². The topological polar surface area (TPSA) is 0 Å². The van der Waals surface area contributed by atoms with Gasteiger partial charge in [-0.2, -0.15) is 0 Å². The zero-order valence-electron chi connectivity index (χ0n) is 30.9. The van der Waals surface area contributed by atoms with E-state index >= 15 is 0 Å². The Kier molecular flexibility index (Phi) is 6.73. The normalized spacial score (nSPS) is 15.0. The zero-order valence-corrected chi connectivity index (χ0v) is 30.9. The van der Waals surface area contributed by atoms with Gasteiger partial charge in [0.2, 0.25) is 0 Å². The predicted molar refractivity (Wildman–Crippen MR) is 236 cm³/mol. The van der Waals surface area contributed by atoms with Gasteiger partial charge in [0.05, 0.1) is 0 Å². The van der Waals surface area contributed by atoms with E-state index < -0.39 is 0 Å². The molecule has 2 aliphatic carbocycles. The molecule has 0 nitrogen and oxygen atoms in total. The minimum absolute atomic E-state index is 0.00584. The summed E-state index contributed by atoms with van der Waals surface area (Å²) >= 11 is 0. The van der Waals surface area contributed by atoms with Crippen LogP contribution in [0.2, 0.25) is 0 Å². The molecule has 12 rings (SSSR count). The van der Waals surface area contributed by atoms with Crippen molar-refractivity contribution in [3.63, 3.8) is 0 Å². The van der Waals surface area contributed by atoms with Gasteiger partial charge in [-0.1, -0.05) is 171 Å². The Morgan fingerprint density at radius 2 is 0.673 bits per heavy atom. The molecule has 10 aromatic rings. The Morgan fingerprint density at radius 3 is 1.15 bits per heavy atom. The number of hydrogen-bond donors (Lipinski definition) is 0. The first-order valence-electron chi connectivity index (χ1n) is 20.2. The van der Waals surface area contributed by atoms with E-state index in [2.05, 4.69) is 170 Å². The molecule has 0 unspecified atom stereocenters. The second-order valence-corrected chi connectivity index (χ2v) is 16.2. The first-order chi connectivity index (χ1) is 27.2. The fourth-order valence-corrected chi connectivity index (χ4v) is 10.9. The third-order valence-corrected chi connectivity index (χ3v) is 13.5. The highest BCUT2D eigenvalue weighted by Gasteiger charge is 2.43. The smallest absolute Gasteiger partial charge is 0.0215 e. The highest BCUT2D eigenvalue weighted by Crippen LogP contribution is 2.57. The summed E-state index contributed by atoms with van der Waals surface area (Å²) in [7, 11) is 0. The number of fused-ring (bicyclic) bond motifs is 15. The maximum Gasteiger partial charge on any atom is 0.0215 e. The molecule has 0 heterocycles. The Bertz CT molecular complexity index is 3000. The standard InChI is InChI=1S/C55H40/c1-2-12-30-55(29-11-1)53-31-37(49-33-51-39-15-5-3-13-35(39)21-25-45(51)41-17-7-9-19-43(41)49)23-27-47(53)48-28-24-38(32-54(48)55)50-34-52-40-16-6-4-14-36(40)22-26-46(52)42-18-8-10-20-44(42)50/h3-10,13-28,31-34H,1-2,11-12,29-30H2. The minimum atomic E-state index is 0.00584. The van der Waals surface area contributed by atoms with Gasteiger partial charge < -0.3 is 0 Å². The van der Waals surface area contributed by atoms with Crippen LogP contribution >= 0.6 is 0 Å². The Morgan fingerprint density at radius 1 is 0.273 bits per heavy atom. The summed E-state index contributed by atoms with van der Waals surface area (Å²) < 4.78 is 0. The molecule has 55 heavy (non-hydrogen) atoms. The van der Waals surface area contributed by atoms with Crippen LogP contribution in [0.15, 0.2) is 170 Å². The quantitative estimate of drug-likeness (QED) is 0.158. The van der Waals surface area contributed by atoms with E-state index in [1.807, 2.05) is 0 Å². The number of hydrogen-bond acceptors (Lipinski definition) is 0. The Hall–Kier alpha value is -6.24. The van der Waals surface area contributed by atoms with E-state index in [9.17, 15) is 0 Å². The van der Waals surface area contributed by atoms with E-state index in [4.69, 9.17) is 0 Å². The summed E-state index contributed by atoms with van der Waals surface area (Å²) in [6.07, 6.45) is 7.57. The van der Waals surface area contributed by atoms with Crippen LogP contribution in [0, 0.1) is 0 Å². The van der Waals surface area contributed by atoms with Crippen molar-refractivity contribution in [2.24, 2.45) is 0 Å². The average Bonchev–Trinajstić information content (AvgIpc) is 3.35. The van der Waals surface area contributed by atoms with Crippen molar-refractivity contribution in [2.45, 2.75) is 43.9 Å². The lowest BCUT2D eigenvalue weighted by molar-refractivity contribution is 0.456. The molecule has 1 saturated carbocycles. The third kappa shape index (κ3) is 4.52. The maximum absolute atomic E-state index is 2.61. The fraction of sp³-hybridized carbons (Fsp3) is 0.127. The summed E-state index contributed by atoms with van der Waals surface area (Å²) in [4.78, 5) is 0.